The highest BCUT2D eigenvalue weighted by atomic mass is 19.1. The maximum atomic E-state index is 14.3. The Hall–Kier alpha value is -2.75. The quantitative estimate of drug-likeness (QED) is 0.873. The van der Waals surface area contributed by atoms with E-state index in [0.717, 1.165) is 11.1 Å². The standard InChI is InChI=1S/C20H21FN2O/c1-13(2)15-7-4-5-8-16(15)14-11-18(23(3)22-12-14)20-17(21)9-6-10-19(20)24/h4-13,22,24H,1-3H3. The molecule has 0 radical (unpaired) electrons. The van der Waals surface area contributed by atoms with Crippen molar-refractivity contribution in [2.45, 2.75) is 19.8 Å². The van der Waals surface area contributed by atoms with E-state index in [4.69, 9.17) is 0 Å². The summed E-state index contributed by atoms with van der Waals surface area (Å²) in [5.74, 6) is -0.151. The second-order valence-corrected chi connectivity index (χ2v) is 6.19. The predicted molar refractivity (Wildman–Crippen MR) is 95.4 cm³/mol. The van der Waals surface area contributed by atoms with Crippen LogP contribution in [-0.2, 0) is 0 Å². The molecule has 0 spiro atoms. The van der Waals surface area contributed by atoms with Crippen molar-refractivity contribution < 1.29 is 9.50 Å². The van der Waals surface area contributed by atoms with Gasteiger partial charge >= 0.3 is 0 Å². The van der Waals surface area contributed by atoms with Crippen LogP contribution >= 0.6 is 0 Å². The number of halogens is 1. The molecule has 4 heteroatoms. The molecule has 2 aromatic carbocycles. The summed E-state index contributed by atoms with van der Waals surface area (Å²) in [5, 5.41) is 11.8. The summed E-state index contributed by atoms with van der Waals surface area (Å²) in [6, 6.07) is 12.5. The molecule has 1 heterocycles. The van der Waals surface area contributed by atoms with Gasteiger partial charge in [0.2, 0.25) is 0 Å². The van der Waals surface area contributed by atoms with E-state index in [-0.39, 0.29) is 11.3 Å². The molecular formula is C20H21FN2O. The molecule has 2 aromatic rings. The predicted octanol–water partition coefficient (Wildman–Crippen LogP) is 4.49. The molecule has 0 bridgehead atoms. The molecule has 0 saturated heterocycles. The number of nitrogens with one attached hydrogen (secondary N) is 1. The van der Waals surface area contributed by atoms with E-state index >= 15 is 0 Å². The first-order chi connectivity index (χ1) is 11.5. The number of benzene rings is 2. The van der Waals surface area contributed by atoms with Gasteiger partial charge in [-0.15, -0.1) is 0 Å². The van der Waals surface area contributed by atoms with Crippen molar-refractivity contribution in [3.8, 4) is 5.75 Å². The summed E-state index contributed by atoms with van der Waals surface area (Å²) in [6.07, 6.45) is 3.79. The monoisotopic (exact) mass is 324 g/mol. The Balaban J connectivity index is 2.12. The van der Waals surface area contributed by atoms with Gasteiger partial charge in [0.25, 0.3) is 0 Å². The van der Waals surface area contributed by atoms with Crippen LogP contribution in [-0.4, -0.2) is 17.2 Å². The van der Waals surface area contributed by atoms with Gasteiger partial charge < -0.3 is 10.5 Å². The first-order valence-electron chi connectivity index (χ1n) is 7.98. The first kappa shape index (κ1) is 16.1. The minimum atomic E-state index is -0.451. The van der Waals surface area contributed by atoms with Crippen molar-refractivity contribution >= 4 is 11.3 Å². The zero-order chi connectivity index (χ0) is 17.3. The Morgan fingerprint density at radius 2 is 1.83 bits per heavy atom. The highest BCUT2D eigenvalue weighted by molar-refractivity contribution is 5.87. The number of hydrogen-bond acceptors (Lipinski definition) is 3. The zero-order valence-electron chi connectivity index (χ0n) is 14.0. The summed E-state index contributed by atoms with van der Waals surface area (Å²) in [4.78, 5) is 0. The number of rotatable bonds is 3. The molecule has 3 nitrogen and oxygen atoms in total. The van der Waals surface area contributed by atoms with Crippen LogP contribution in [0.15, 0.2) is 54.7 Å². The van der Waals surface area contributed by atoms with Crippen molar-refractivity contribution in [2.24, 2.45) is 0 Å². The smallest absolute Gasteiger partial charge is 0.136 e. The van der Waals surface area contributed by atoms with E-state index in [0.29, 0.717) is 11.6 Å². The molecule has 124 valence electrons. The molecule has 2 N–H and O–H groups in total. The van der Waals surface area contributed by atoms with E-state index in [1.54, 1.807) is 12.1 Å². The Labute approximate surface area is 141 Å². The van der Waals surface area contributed by atoms with E-state index in [9.17, 15) is 9.50 Å². The minimum absolute atomic E-state index is 0.0757. The first-order valence-corrected chi connectivity index (χ1v) is 7.98. The van der Waals surface area contributed by atoms with Crippen LogP contribution in [0.2, 0.25) is 0 Å². The highest BCUT2D eigenvalue weighted by Gasteiger charge is 2.21. The average Bonchev–Trinajstić information content (AvgIpc) is 2.56. The highest BCUT2D eigenvalue weighted by Crippen LogP contribution is 2.35. The van der Waals surface area contributed by atoms with Crippen LogP contribution in [0.5, 0.6) is 5.75 Å². The fourth-order valence-electron chi connectivity index (χ4n) is 2.95. The van der Waals surface area contributed by atoms with Crippen LogP contribution in [0.3, 0.4) is 0 Å². The molecule has 0 saturated carbocycles. The maximum absolute atomic E-state index is 14.3. The molecule has 0 atom stereocenters. The topological polar surface area (TPSA) is 35.5 Å². The average molecular weight is 324 g/mol. The minimum Gasteiger partial charge on any atom is -0.507 e. The van der Waals surface area contributed by atoms with E-state index in [2.05, 4.69) is 31.4 Å². The van der Waals surface area contributed by atoms with Gasteiger partial charge in [0.05, 0.1) is 11.3 Å². The van der Waals surface area contributed by atoms with Gasteiger partial charge in [-0.1, -0.05) is 44.2 Å². The molecule has 3 rings (SSSR count). The Kier molecular flexibility index (Phi) is 4.30. The lowest BCUT2D eigenvalue weighted by atomic mass is 9.91. The normalized spacial score (nSPS) is 14.3. The lowest BCUT2D eigenvalue weighted by Gasteiger charge is -2.28. The maximum Gasteiger partial charge on any atom is 0.136 e. The third kappa shape index (κ3) is 2.87. The van der Waals surface area contributed by atoms with Crippen LogP contribution in [0.4, 0.5) is 4.39 Å². The van der Waals surface area contributed by atoms with Crippen LogP contribution in [0.1, 0.15) is 36.5 Å². The summed E-state index contributed by atoms with van der Waals surface area (Å²) in [6.45, 7) is 4.30. The number of aromatic hydroxyl groups is 1. The van der Waals surface area contributed by atoms with E-state index < -0.39 is 5.82 Å². The molecule has 0 fully saturated rings. The van der Waals surface area contributed by atoms with Gasteiger partial charge in [-0.3, -0.25) is 5.01 Å². The van der Waals surface area contributed by atoms with Gasteiger partial charge in [-0.2, -0.15) is 0 Å². The van der Waals surface area contributed by atoms with Gasteiger partial charge in [0.1, 0.15) is 11.6 Å². The summed E-state index contributed by atoms with van der Waals surface area (Å²) in [5.41, 5.74) is 7.18. The summed E-state index contributed by atoms with van der Waals surface area (Å²) >= 11 is 0. The molecule has 0 aromatic heterocycles. The van der Waals surface area contributed by atoms with Crippen LogP contribution < -0.4 is 5.43 Å². The lowest BCUT2D eigenvalue weighted by molar-refractivity contribution is 0.397. The second kappa shape index (κ2) is 6.40. The Morgan fingerprint density at radius 3 is 2.54 bits per heavy atom. The number of hydrazine groups is 1. The fourth-order valence-corrected chi connectivity index (χ4v) is 2.95. The number of phenolic OH excluding ortho intramolecular Hbond substituents is 1. The molecule has 0 amide bonds. The van der Waals surface area contributed by atoms with Crippen molar-refractivity contribution in [3.63, 3.8) is 0 Å². The third-order valence-electron chi connectivity index (χ3n) is 4.21. The van der Waals surface area contributed by atoms with Crippen LogP contribution in [0.25, 0.3) is 11.3 Å². The molecule has 0 unspecified atom stereocenters. The van der Waals surface area contributed by atoms with E-state index in [1.807, 2.05) is 24.4 Å². The molecular weight excluding hydrogens is 303 g/mol. The lowest BCUT2D eigenvalue weighted by Crippen LogP contribution is -2.31. The Bertz CT molecular complexity index is 804. The van der Waals surface area contributed by atoms with Crippen LogP contribution in [0, 0.1) is 5.82 Å². The molecule has 24 heavy (non-hydrogen) atoms. The molecule has 1 aliphatic rings. The SMILES string of the molecule is CC(C)c1ccccc1C1=CNN(C)C(c2c(O)cccc2F)=C1. The number of hydrogen-bond donors (Lipinski definition) is 2. The van der Waals surface area contributed by atoms with Gasteiger partial charge in [-0.25, -0.2) is 4.39 Å². The largest absolute Gasteiger partial charge is 0.507 e. The van der Waals surface area contributed by atoms with Gasteiger partial charge in [0.15, 0.2) is 0 Å². The summed E-state index contributed by atoms with van der Waals surface area (Å²) < 4.78 is 14.3. The zero-order valence-corrected chi connectivity index (χ0v) is 14.0. The second-order valence-electron chi connectivity index (χ2n) is 6.19. The summed E-state index contributed by atoms with van der Waals surface area (Å²) in [7, 11) is 1.79. The number of allylic oxidation sites excluding steroid dienone is 2. The van der Waals surface area contributed by atoms with Crippen molar-refractivity contribution in [3.05, 3.63) is 77.2 Å². The third-order valence-corrected chi connectivity index (χ3v) is 4.21. The van der Waals surface area contributed by atoms with Crippen molar-refractivity contribution in [1.29, 1.82) is 0 Å². The molecule has 0 aliphatic carbocycles. The number of phenols is 1. The number of nitrogens with zero attached hydrogens (tertiary/aromatic N) is 1. The van der Waals surface area contributed by atoms with Gasteiger partial charge in [-0.05, 0) is 35.3 Å². The fraction of sp³-hybridized carbons (Fsp3) is 0.200. The molecule has 1 aliphatic heterocycles. The Morgan fingerprint density at radius 1 is 1.08 bits per heavy atom. The van der Waals surface area contributed by atoms with Crippen molar-refractivity contribution in [2.75, 3.05) is 7.05 Å². The van der Waals surface area contributed by atoms with Crippen molar-refractivity contribution in [1.82, 2.24) is 10.4 Å². The van der Waals surface area contributed by atoms with Gasteiger partial charge in [0, 0.05) is 18.8 Å². The van der Waals surface area contributed by atoms with E-state index in [1.165, 1.54) is 23.8 Å².